The molecule has 0 saturated carbocycles. The summed E-state index contributed by atoms with van der Waals surface area (Å²) in [4.78, 5) is 10.5. The number of carbonyl (C=O) groups is 1. The van der Waals surface area contributed by atoms with Gasteiger partial charge in [0.2, 0.25) is 0 Å². The molecule has 2 aromatic rings. The van der Waals surface area contributed by atoms with Gasteiger partial charge in [-0.05, 0) is 23.4 Å². The second-order valence-electron chi connectivity index (χ2n) is 3.68. The number of phenols is 1. The van der Waals surface area contributed by atoms with Gasteiger partial charge in [-0.15, -0.1) is 0 Å². The van der Waals surface area contributed by atoms with Gasteiger partial charge >= 0.3 is 5.97 Å². The maximum Gasteiger partial charge on any atom is 0.303 e. The third-order valence-corrected chi connectivity index (χ3v) is 2.60. The number of aliphatic carboxylic acids is 1. The fraction of sp³-hybridized carbons (Fsp3) is 0.154. The summed E-state index contributed by atoms with van der Waals surface area (Å²) in [7, 11) is 0. The van der Waals surface area contributed by atoms with Crippen molar-refractivity contribution in [3.63, 3.8) is 0 Å². The van der Waals surface area contributed by atoms with E-state index in [4.69, 9.17) is 5.11 Å². The van der Waals surface area contributed by atoms with Gasteiger partial charge in [-0.25, -0.2) is 0 Å². The van der Waals surface area contributed by atoms with Gasteiger partial charge in [0, 0.05) is 11.8 Å². The molecule has 3 nitrogen and oxygen atoms in total. The molecule has 0 aliphatic heterocycles. The van der Waals surface area contributed by atoms with Gasteiger partial charge in [0.25, 0.3) is 0 Å². The summed E-state index contributed by atoms with van der Waals surface area (Å²) >= 11 is 0. The van der Waals surface area contributed by atoms with Crippen LogP contribution in [0.1, 0.15) is 12.0 Å². The van der Waals surface area contributed by atoms with E-state index in [2.05, 4.69) is 0 Å². The van der Waals surface area contributed by atoms with Crippen LogP contribution in [0.5, 0.6) is 5.75 Å². The largest absolute Gasteiger partial charge is 0.507 e. The van der Waals surface area contributed by atoms with Crippen molar-refractivity contribution in [3.05, 3.63) is 42.0 Å². The zero-order valence-corrected chi connectivity index (χ0v) is 8.68. The first kappa shape index (κ1) is 10.5. The molecule has 3 heteroatoms. The lowest BCUT2D eigenvalue weighted by molar-refractivity contribution is -0.136. The van der Waals surface area contributed by atoms with Gasteiger partial charge in [-0.2, -0.15) is 0 Å². The summed E-state index contributed by atoms with van der Waals surface area (Å²) in [5.74, 6) is -0.577. The molecule has 0 amide bonds. The molecule has 0 aromatic heterocycles. The van der Waals surface area contributed by atoms with Gasteiger partial charge in [0.05, 0.1) is 0 Å². The molecule has 0 radical (unpaired) electrons. The van der Waals surface area contributed by atoms with E-state index in [0.29, 0.717) is 6.42 Å². The standard InChI is InChI=1S/C13H12O3/c14-12-7-5-9(6-8-13(15)16)10-3-1-2-4-11(10)12/h1-5,7,14H,6,8H2,(H,15,16). The third-order valence-electron chi connectivity index (χ3n) is 2.60. The molecule has 82 valence electrons. The Labute approximate surface area is 93.0 Å². The minimum Gasteiger partial charge on any atom is -0.507 e. The molecule has 0 bridgehead atoms. The van der Waals surface area contributed by atoms with Gasteiger partial charge in [0.15, 0.2) is 0 Å². The number of hydrogen-bond donors (Lipinski definition) is 2. The first-order valence-corrected chi connectivity index (χ1v) is 5.10. The van der Waals surface area contributed by atoms with Crippen LogP contribution in [0, 0.1) is 0 Å². The number of benzene rings is 2. The zero-order valence-electron chi connectivity index (χ0n) is 8.68. The van der Waals surface area contributed by atoms with Crippen LogP contribution in [-0.4, -0.2) is 16.2 Å². The van der Waals surface area contributed by atoms with E-state index in [1.54, 1.807) is 12.1 Å². The van der Waals surface area contributed by atoms with Crippen LogP contribution < -0.4 is 0 Å². The number of aryl methyl sites for hydroxylation is 1. The van der Waals surface area contributed by atoms with Crippen molar-refractivity contribution in [2.75, 3.05) is 0 Å². The average molecular weight is 216 g/mol. The number of phenolic OH excluding ortho intramolecular Hbond substituents is 1. The fourth-order valence-corrected chi connectivity index (χ4v) is 1.81. The number of aromatic hydroxyl groups is 1. The van der Waals surface area contributed by atoms with E-state index in [1.165, 1.54) is 0 Å². The molecule has 0 atom stereocenters. The quantitative estimate of drug-likeness (QED) is 0.829. The highest BCUT2D eigenvalue weighted by molar-refractivity contribution is 5.91. The zero-order chi connectivity index (χ0) is 11.5. The lowest BCUT2D eigenvalue weighted by Gasteiger charge is -2.06. The van der Waals surface area contributed by atoms with E-state index in [1.807, 2.05) is 24.3 Å². The van der Waals surface area contributed by atoms with Crippen LogP contribution in [0.25, 0.3) is 10.8 Å². The van der Waals surface area contributed by atoms with Crippen LogP contribution in [0.3, 0.4) is 0 Å². The molecular formula is C13H12O3. The highest BCUT2D eigenvalue weighted by Crippen LogP contribution is 2.27. The van der Waals surface area contributed by atoms with Crippen molar-refractivity contribution in [3.8, 4) is 5.75 Å². The number of carboxylic acids is 1. The van der Waals surface area contributed by atoms with Crippen LogP contribution >= 0.6 is 0 Å². The van der Waals surface area contributed by atoms with Crippen molar-refractivity contribution in [1.29, 1.82) is 0 Å². The van der Waals surface area contributed by atoms with Gasteiger partial charge < -0.3 is 10.2 Å². The number of hydrogen-bond acceptors (Lipinski definition) is 2. The Morgan fingerprint density at radius 3 is 2.44 bits per heavy atom. The Hall–Kier alpha value is -2.03. The topological polar surface area (TPSA) is 57.5 Å². The first-order valence-electron chi connectivity index (χ1n) is 5.10. The highest BCUT2D eigenvalue weighted by Gasteiger charge is 2.06. The lowest BCUT2D eigenvalue weighted by atomic mass is 10.0. The molecule has 2 rings (SSSR count). The van der Waals surface area contributed by atoms with E-state index >= 15 is 0 Å². The maximum absolute atomic E-state index is 10.5. The molecule has 0 fully saturated rings. The Balaban J connectivity index is 2.46. The number of fused-ring (bicyclic) bond motifs is 1. The smallest absolute Gasteiger partial charge is 0.303 e. The fourth-order valence-electron chi connectivity index (χ4n) is 1.81. The Kier molecular flexibility index (Phi) is 2.77. The molecule has 0 saturated heterocycles. The van der Waals surface area contributed by atoms with Crippen molar-refractivity contribution in [1.82, 2.24) is 0 Å². The SMILES string of the molecule is O=C(O)CCc1ccc(O)c2ccccc12. The Bertz CT molecular complexity index is 532. The normalized spacial score (nSPS) is 10.5. The summed E-state index contributed by atoms with van der Waals surface area (Å²) in [6, 6.07) is 10.8. The first-order chi connectivity index (χ1) is 7.68. The molecular weight excluding hydrogens is 204 g/mol. The molecule has 0 spiro atoms. The van der Waals surface area contributed by atoms with Gasteiger partial charge in [0.1, 0.15) is 5.75 Å². The molecule has 0 aliphatic rings. The van der Waals surface area contributed by atoms with Crippen molar-refractivity contribution in [2.24, 2.45) is 0 Å². The third kappa shape index (κ3) is 1.98. The summed E-state index contributed by atoms with van der Waals surface area (Å²) in [5, 5.41) is 20.0. The van der Waals surface area contributed by atoms with E-state index in [0.717, 1.165) is 16.3 Å². The molecule has 2 aromatic carbocycles. The average Bonchev–Trinajstić information content (AvgIpc) is 2.28. The Morgan fingerprint density at radius 1 is 1.06 bits per heavy atom. The van der Waals surface area contributed by atoms with Crippen LogP contribution in [0.15, 0.2) is 36.4 Å². The van der Waals surface area contributed by atoms with Gasteiger partial charge in [-0.1, -0.05) is 30.3 Å². The summed E-state index contributed by atoms with van der Waals surface area (Å²) in [6.45, 7) is 0. The van der Waals surface area contributed by atoms with Crippen LogP contribution in [-0.2, 0) is 11.2 Å². The van der Waals surface area contributed by atoms with Crippen LogP contribution in [0.2, 0.25) is 0 Å². The summed E-state index contributed by atoms with van der Waals surface area (Å²) in [5.41, 5.74) is 0.954. The molecule has 0 aliphatic carbocycles. The van der Waals surface area contributed by atoms with E-state index in [-0.39, 0.29) is 12.2 Å². The number of rotatable bonds is 3. The van der Waals surface area contributed by atoms with Crippen molar-refractivity contribution < 1.29 is 15.0 Å². The lowest BCUT2D eigenvalue weighted by Crippen LogP contribution is -1.97. The summed E-state index contributed by atoms with van der Waals surface area (Å²) < 4.78 is 0. The van der Waals surface area contributed by atoms with Crippen molar-refractivity contribution >= 4 is 16.7 Å². The molecule has 0 heterocycles. The van der Waals surface area contributed by atoms with E-state index < -0.39 is 5.97 Å². The van der Waals surface area contributed by atoms with Crippen molar-refractivity contribution in [2.45, 2.75) is 12.8 Å². The Morgan fingerprint density at radius 2 is 1.75 bits per heavy atom. The predicted octanol–water partition coefficient (Wildman–Crippen LogP) is 2.56. The second-order valence-corrected chi connectivity index (χ2v) is 3.68. The second kappa shape index (κ2) is 4.23. The van der Waals surface area contributed by atoms with Gasteiger partial charge in [-0.3, -0.25) is 4.79 Å². The van der Waals surface area contributed by atoms with E-state index in [9.17, 15) is 9.90 Å². The molecule has 0 unspecified atom stereocenters. The minimum absolute atomic E-state index is 0.106. The molecule has 2 N–H and O–H groups in total. The number of carboxylic acid groups (broad SMARTS) is 1. The maximum atomic E-state index is 10.5. The summed E-state index contributed by atoms with van der Waals surface area (Å²) in [6.07, 6.45) is 0.588. The highest BCUT2D eigenvalue weighted by atomic mass is 16.4. The predicted molar refractivity (Wildman–Crippen MR) is 61.6 cm³/mol. The van der Waals surface area contributed by atoms with Crippen LogP contribution in [0.4, 0.5) is 0 Å². The minimum atomic E-state index is -0.808. The monoisotopic (exact) mass is 216 g/mol. The molecule has 16 heavy (non-hydrogen) atoms.